The fraction of sp³-hybridized carbons (Fsp3) is 0.136. The number of nitrogens with one attached hydrogen (secondary N) is 1. The average Bonchev–Trinajstić information content (AvgIpc) is 3.43. The minimum absolute atomic E-state index is 0.0663. The van der Waals surface area contributed by atoms with E-state index in [4.69, 9.17) is 4.42 Å². The molecule has 6 nitrogen and oxygen atoms in total. The van der Waals surface area contributed by atoms with E-state index in [2.05, 4.69) is 15.5 Å². The third-order valence-electron chi connectivity index (χ3n) is 4.35. The van der Waals surface area contributed by atoms with Crippen LogP contribution in [0.4, 0.5) is 4.39 Å². The molecule has 152 valence electrons. The van der Waals surface area contributed by atoms with Crippen molar-refractivity contribution in [3.8, 4) is 17.1 Å². The smallest absolute Gasteiger partial charge is 0.221 e. The molecule has 1 amide bonds. The van der Waals surface area contributed by atoms with Crippen molar-refractivity contribution in [3.63, 3.8) is 0 Å². The summed E-state index contributed by atoms with van der Waals surface area (Å²) >= 11 is 1.44. The Morgan fingerprint density at radius 2 is 1.83 bits per heavy atom. The van der Waals surface area contributed by atoms with Crippen LogP contribution in [-0.4, -0.2) is 26.4 Å². The second-order valence-corrected chi connectivity index (χ2v) is 7.50. The highest BCUT2D eigenvalue weighted by molar-refractivity contribution is 7.99. The monoisotopic (exact) mass is 422 g/mol. The number of hydrogen-bond donors (Lipinski definition) is 1. The molecule has 2 heterocycles. The number of halogens is 1. The Kier molecular flexibility index (Phi) is 6.24. The number of carbonyl (C=O) groups excluding carboxylic acids is 1. The van der Waals surface area contributed by atoms with Crippen molar-refractivity contribution in [1.82, 2.24) is 20.1 Å². The summed E-state index contributed by atoms with van der Waals surface area (Å²) in [7, 11) is 0. The molecule has 4 rings (SSSR count). The first kappa shape index (κ1) is 19.9. The minimum Gasteiger partial charge on any atom is -0.467 e. The van der Waals surface area contributed by atoms with Gasteiger partial charge in [0.05, 0.1) is 12.8 Å². The van der Waals surface area contributed by atoms with Gasteiger partial charge in [-0.05, 0) is 48.5 Å². The zero-order valence-corrected chi connectivity index (χ0v) is 16.8. The molecule has 1 N–H and O–H groups in total. The van der Waals surface area contributed by atoms with Gasteiger partial charge >= 0.3 is 0 Å². The van der Waals surface area contributed by atoms with Gasteiger partial charge in [0.1, 0.15) is 11.6 Å². The van der Waals surface area contributed by atoms with Gasteiger partial charge in [0.2, 0.25) is 5.91 Å². The van der Waals surface area contributed by atoms with Gasteiger partial charge in [-0.15, -0.1) is 10.2 Å². The van der Waals surface area contributed by atoms with E-state index in [1.54, 1.807) is 24.5 Å². The fourth-order valence-electron chi connectivity index (χ4n) is 2.88. The Labute approximate surface area is 177 Å². The fourth-order valence-corrected chi connectivity index (χ4v) is 3.77. The number of carbonyl (C=O) groups is 1. The van der Waals surface area contributed by atoms with Crippen molar-refractivity contribution in [2.24, 2.45) is 0 Å². The molecular weight excluding hydrogens is 403 g/mol. The van der Waals surface area contributed by atoms with E-state index in [0.717, 1.165) is 11.3 Å². The number of nitrogens with zero attached hydrogens (tertiary/aromatic N) is 3. The summed E-state index contributed by atoms with van der Waals surface area (Å²) in [5.74, 6) is 1.50. The molecule has 0 saturated heterocycles. The van der Waals surface area contributed by atoms with Crippen LogP contribution in [0.5, 0.6) is 0 Å². The van der Waals surface area contributed by atoms with Crippen molar-refractivity contribution in [1.29, 1.82) is 0 Å². The number of amides is 1. The van der Waals surface area contributed by atoms with E-state index in [1.807, 2.05) is 41.0 Å². The van der Waals surface area contributed by atoms with E-state index < -0.39 is 0 Å². The van der Waals surface area contributed by atoms with Gasteiger partial charge in [-0.3, -0.25) is 9.36 Å². The maximum Gasteiger partial charge on any atom is 0.221 e. The number of aromatic nitrogens is 3. The van der Waals surface area contributed by atoms with Crippen molar-refractivity contribution in [2.75, 3.05) is 5.75 Å². The van der Waals surface area contributed by atoms with Gasteiger partial charge in [0.25, 0.3) is 0 Å². The third kappa shape index (κ3) is 4.77. The minimum atomic E-state index is -0.306. The van der Waals surface area contributed by atoms with Crippen molar-refractivity contribution in [3.05, 3.63) is 84.6 Å². The van der Waals surface area contributed by atoms with Crippen LogP contribution in [0, 0.1) is 5.82 Å². The normalized spacial score (nSPS) is 10.8. The van der Waals surface area contributed by atoms with Gasteiger partial charge < -0.3 is 9.73 Å². The summed E-state index contributed by atoms with van der Waals surface area (Å²) < 4.78 is 20.5. The molecule has 0 unspecified atom stereocenters. The Bertz CT molecular complexity index is 1100. The highest BCUT2D eigenvalue weighted by atomic mass is 32.2. The first-order valence-corrected chi connectivity index (χ1v) is 10.4. The lowest BCUT2D eigenvalue weighted by molar-refractivity contribution is -0.120. The quantitative estimate of drug-likeness (QED) is 0.424. The van der Waals surface area contributed by atoms with Crippen molar-refractivity contribution < 1.29 is 13.6 Å². The lowest BCUT2D eigenvalue weighted by atomic mass is 10.2. The molecule has 2 aromatic heterocycles. The van der Waals surface area contributed by atoms with Crippen molar-refractivity contribution in [2.45, 2.75) is 18.1 Å². The summed E-state index contributed by atoms with van der Waals surface area (Å²) in [6.45, 7) is 0.366. The summed E-state index contributed by atoms with van der Waals surface area (Å²) in [5.41, 5.74) is 1.65. The predicted octanol–water partition coefficient (Wildman–Crippen LogP) is 4.47. The van der Waals surface area contributed by atoms with Gasteiger partial charge in [0, 0.05) is 23.4 Å². The maximum absolute atomic E-state index is 13.3. The van der Waals surface area contributed by atoms with E-state index in [-0.39, 0.29) is 11.7 Å². The number of para-hydroxylation sites is 1. The molecular formula is C22H19FN4O2S. The molecule has 0 aliphatic rings. The predicted molar refractivity (Wildman–Crippen MR) is 113 cm³/mol. The second-order valence-electron chi connectivity index (χ2n) is 6.44. The SMILES string of the molecule is O=C(CCSc1nnc(-c2ccc(F)cc2)n1-c1ccccc1)NCc1ccco1. The average molecular weight is 422 g/mol. The topological polar surface area (TPSA) is 73.0 Å². The molecule has 0 atom stereocenters. The first-order chi connectivity index (χ1) is 14.7. The lowest BCUT2D eigenvalue weighted by Gasteiger charge is -2.10. The maximum atomic E-state index is 13.3. The summed E-state index contributed by atoms with van der Waals surface area (Å²) in [6, 6.07) is 19.5. The third-order valence-corrected chi connectivity index (χ3v) is 5.28. The Balaban J connectivity index is 1.47. The van der Waals surface area contributed by atoms with Gasteiger partial charge in [-0.25, -0.2) is 4.39 Å². The number of benzene rings is 2. The van der Waals surface area contributed by atoms with Gasteiger partial charge in [-0.1, -0.05) is 30.0 Å². The number of hydrogen-bond acceptors (Lipinski definition) is 5. The van der Waals surface area contributed by atoms with Crippen LogP contribution >= 0.6 is 11.8 Å². The van der Waals surface area contributed by atoms with Crippen LogP contribution < -0.4 is 5.32 Å². The van der Waals surface area contributed by atoms with E-state index in [9.17, 15) is 9.18 Å². The lowest BCUT2D eigenvalue weighted by Crippen LogP contribution is -2.22. The van der Waals surface area contributed by atoms with Crippen LogP contribution in [0.2, 0.25) is 0 Å². The van der Waals surface area contributed by atoms with E-state index >= 15 is 0 Å². The summed E-state index contributed by atoms with van der Waals surface area (Å²) in [4.78, 5) is 12.1. The second kappa shape index (κ2) is 9.41. The highest BCUT2D eigenvalue weighted by Gasteiger charge is 2.16. The molecule has 2 aromatic carbocycles. The molecule has 8 heteroatoms. The number of rotatable bonds is 8. The number of thioether (sulfide) groups is 1. The van der Waals surface area contributed by atoms with Crippen LogP contribution in [0.15, 0.2) is 82.6 Å². The zero-order chi connectivity index (χ0) is 20.8. The first-order valence-electron chi connectivity index (χ1n) is 9.39. The summed E-state index contributed by atoms with van der Waals surface area (Å²) in [6.07, 6.45) is 1.91. The molecule has 0 saturated carbocycles. The molecule has 30 heavy (non-hydrogen) atoms. The molecule has 4 aromatic rings. The van der Waals surface area contributed by atoms with Crippen LogP contribution in [0.25, 0.3) is 17.1 Å². The Morgan fingerprint density at radius 1 is 1.03 bits per heavy atom. The summed E-state index contributed by atoms with van der Waals surface area (Å²) in [5, 5.41) is 12.1. The molecule has 0 radical (unpaired) electrons. The number of furan rings is 1. The largest absolute Gasteiger partial charge is 0.467 e. The van der Waals surface area contributed by atoms with Crippen LogP contribution in [0.3, 0.4) is 0 Å². The van der Waals surface area contributed by atoms with Gasteiger partial charge in [-0.2, -0.15) is 0 Å². The Hall–Kier alpha value is -3.39. The standard InChI is InChI=1S/C22H19FN4O2S/c23-17-10-8-16(9-11-17)21-25-26-22(27(21)18-5-2-1-3-6-18)30-14-12-20(28)24-15-19-7-4-13-29-19/h1-11,13H,12,14-15H2,(H,24,28). The molecule has 0 spiro atoms. The van der Waals surface area contributed by atoms with Gasteiger partial charge in [0.15, 0.2) is 11.0 Å². The molecule has 0 bridgehead atoms. The van der Waals surface area contributed by atoms with Crippen molar-refractivity contribution >= 4 is 17.7 Å². The molecule has 0 fully saturated rings. The van der Waals surface area contributed by atoms with E-state index in [0.29, 0.717) is 35.5 Å². The van der Waals surface area contributed by atoms with Crippen LogP contribution in [-0.2, 0) is 11.3 Å². The highest BCUT2D eigenvalue weighted by Crippen LogP contribution is 2.28. The molecule has 0 aliphatic carbocycles. The van der Waals surface area contributed by atoms with Crippen LogP contribution in [0.1, 0.15) is 12.2 Å². The van der Waals surface area contributed by atoms with E-state index in [1.165, 1.54) is 23.9 Å². The Morgan fingerprint density at radius 3 is 2.57 bits per heavy atom. The zero-order valence-electron chi connectivity index (χ0n) is 16.0. The molecule has 0 aliphatic heterocycles.